The number of rotatable bonds is 3. The summed E-state index contributed by atoms with van der Waals surface area (Å²) in [4.78, 5) is 34.6. The number of hydrogen-bond acceptors (Lipinski definition) is 5. The van der Waals surface area contributed by atoms with Gasteiger partial charge in [0.1, 0.15) is 6.04 Å². The van der Waals surface area contributed by atoms with Crippen LogP contribution in [0, 0.1) is 10.1 Å². The molecule has 1 amide bonds. The molecule has 0 bridgehead atoms. The topological polar surface area (TPSA) is 121 Å². The van der Waals surface area contributed by atoms with Gasteiger partial charge < -0.3 is 15.1 Å². The molecule has 1 aromatic rings. The number of nitrogens with zero attached hydrogens (tertiary/aromatic N) is 2. The smallest absolute Gasteiger partial charge is 0.326 e. The van der Waals surface area contributed by atoms with Crippen LogP contribution in [0.4, 0.5) is 5.69 Å². The predicted octanol–water partition coefficient (Wildman–Crippen LogP) is 1.02. The van der Waals surface area contributed by atoms with Crippen LogP contribution in [0.5, 0.6) is 0 Å². The number of carbonyl (C=O) groups excluding carboxylic acids is 1. The van der Waals surface area contributed by atoms with E-state index in [2.05, 4.69) is 15.9 Å². The molecule has 112 valence electrons. The van der Waals surface area contributed by atoms with Crippen molar-refractivity contribution < 1.29 is 24.7 Å². The number of aliphatic carboxylic acids is 1. The number of carboxylic acids is 1. The van der Waals surface area contributed by atoms with E-state index in [4.69, 9.17) is 5.11 Å². The van der Waals surface area contributed by atoms with Gasteiger partial charge in [-0.3, -0.25) is 14.9 Å². The van der Waals surface area contributed by atoms with Crippen LogP contribution in [0.2, 0.25) is 0 Å². The summed E-state index contributed by atoms with van der Waals surface area (Å²) >= 11 is 3.01. The number of nitro groups is 1. The Bertz CT molecular complexity index is 620. The summed E-state index contributed by atoms with van der Waals surface area (Å²) in [6, 6.07) is 2.67. The van der Waals surface area contributed by atoms with Crippen molar-refractivity contribution in [2.75, 3.05) is 6.54 Å². The maximum Gasteiger partial charge on any atom is 0.326 e. The van der Waals surface area contributed by atoms with Crippen LogP contribution in [0.3, 0.4) is 0 Å². The summed E-state index contributed by atoms with van der Waals surface area (Å²) in [7, 11) is 0. The second kappa shape index (κ2) is 5.78. The fourth-order valence-electron chi connectivity index (χ4n) is 2.22. The maximum absolute atomic E-state index is 12.3. The highest BCUT2D eigenvalue weighted by atomic mass is 79.9. The highest BCUT2D eigenvalue weighted by Crippen LogP contribution is 2.28. The Balaban J connectivity index is 2.33. The predicted molar refractivity (Wildman–Crippen MR) is 73.9 cm³/mol. The van der Waals surface area contributed by atoms with Crippen LogP contribution in [0.1, 0.15) is 16.8 Å². The Morgan fingerprint density at radius 1 is 1.43 bits per heavy atom. The highest BCUT2D eigenvalue weighted by molar-refractivity contribution is 9.10. The van der Waals surface area contributed by atoms with Gasteiger partial charge >= 0.3 is 5.97 Å². The minimum atomic E-state index is -1.22. The van der Waals surface area contributed by atoms with E-state index in [-0.39, 0.29) is 28.7 Å². The fraction of sp³-hybridized carbons (Fsp3) is 0.333. The maximum atomic E-state index is 12.3. The molecule has 0 aromatic heterocycles. The largest absolute Gasteiger partial charge is 0.480 e. The molecular weight excluding hydrogens is 348 g/mol. The third-order valence-electron chi connectivity index (χ3n) is 3.21. The molecule has 1 fully saturated rings. The lowest BCUT2D eigenvalue weighted by molar-refractivity contribution is -0.385. The van der Waals surface area contributed by atoms with E-state index in [1.165, 1.54) is 12.1 Å². The van der Waals surface area contributed by atoms with Gasteiger partial charge in [0, 0.05) is 24.6 Å². The van der Waals surface area contributed by atoms with Crippen molar-refractivity contribution in [2.45, 2.75) is 18.6 Å². The number of carboxylic acid groups (broad SMARTS) is 1. The lowest BCUT2D eigenvalue weighted by atomic mass is 10.1. The zero-order chi connectivity index (χ0) is 15.7. The monoisotopic (exact) mass is 358 g/mol. The normalized spacial score (nSPS) is 21.3. The van der Waals surface area contributed by atoms with Gasteiger partial charge in [0.2, 0.25) is 0 Å². The van der Waals surface area contributed by atoms with E-state index in [0.717, 1.165) is 11.0 Å². The van der Waals surface area contributed by atoms with Crippen LogP contribution in [0.15, 0.2) is 22.7 Å². The summed E-state index contributed by atoms with van der Waals surface area (Å²) in [5.41, 5.74) is -0.280. The molecule has 1 aromatic carbocycles. The van der Waals surface area contributed by atoms with Crippen molar-refractivity contribution in [1.82, 2.24) is 4.90 Å². The van der Waals surface area contributed by atoms with Crippen molar-refractivity contribution in [3.8, 4) is 0 Å². The Morgan fingerprint density at radius 3 is 2.67 bits per heavy atom. The first-order valence-corrected chi connectivity index (χ1v) is 6.76. The molecule has 2 rings (SSSR count). The molecule has 9 heteroatoms. The van der Waals surface area contributed by atoms with Crippen molar-refractivity contribution in [1.29, 1.82) is 0 Å². The van der Waals surface area contributed by atoms with Crippen molar-refractivity contribution in [3.63, 3.8) is 0 Å². The standard InChI is InChI=1S/C12H11BrN2O6/c13-8-2-1-6(3-9(8)15(20)21)11(17)14-5-7(16)4-10(14)12(18)19/h1-3,7,10,16H,4-5H2,(H,18,19)/t7?,10-/m0/s1. The number of carbonyl (C=O) groups is 2. The molecule has 2 atom stereocenters. The Morgan fingerprint density at radius 2 is 2.10 bits per heavy atom. The number of halogens is 1. The Hall–Kier alpha value is -2.00. The number of benzene rings is 1. The molecule has 1 unspecified atom stereocenters. The van der Waals surface area contributed by atoms with E-state index < -0.39 is 28.9 Å². The van der Waals surface area contributed by atoms with Crippen LogP contribution < -0.4 is 0 Å². The van der Waals surface area contributed by atoms with Gasteiger partial charge in [-0.15, -0.1) is 0 Å². The van der Waals surface area contributed by atoms with Crippen LogP contribution >= 0.6 is 15.9 Å². The molecule has 1 saturated heterocycles. The zero-order valence-corrected chi connectivity index (χ0v) is 12.2. The Labute approximate surface area is 127 Å². The summed E-state index contributed by atoms with van der Waals surface area (Å²) in [5, 5.41) is 29.5. The van der Waals surface area contributed by atoms with E-state index in [9.17, 15) is 24.8 Å². The minimum absolute atomic E-state index is 0.00486. The van der Waals surface area contributed by atoms with Crippen LogP contribution in [-0.4, -0.2) is 50.6 Å². The van der Waals surface area contributed by atoms with E-state index >= 15 is 0 Å². The van der Waals surface area contributed by atoms with Crippen LogP contribution in [0.25, 0.3) is 0 Å². The molecule has 0 radical (unpaired) electrons. The number of likely N-dealkylation sites (tertiary alicyclic amines) is 1. The minimum Gasteiger partial charge on any atom is -0.480 e. The van der Waals surface area contributed by atoms with E-state index in [0.29, 0.717) is 0 Å². The van der Waals surface area contributed by atoms with Gasteiger partial charge in [0.25, 0.3) is 11.6 Å². The molecule has 1 heterocycles. The quantitative estimate of drug-likeness (QED) is 0.614. The number of aliphatic hydroxyl groups is 1. The number of amides is 1. The highest BCUT2D eigenvalue weighted by Gasteiger charge is 2.39. The first-order valence-electron chi connectivity index (χ1n) is 5.97. The molecular formula is C12H11BrN2O6. The molecule has 1 aliphatic heterocycles. The van der Waals surface area contributed by atoms with Gasteiger partial charge in [0.15, 0.2) is 0 Å². The molecule has 1 aliphatic rings. The summed E-state index contributed by atoms with van der Waals surface area (Å²) in [5.74, 6) is -1.87. The second-order valence-electron chi connectivity index (χ2n) is 4.62. The SMILES string of the molecule is O=C(O)[C@@H]1CC(O)CN1C(=O)c1ccc(Br)c([N+](=O)[O-])c1. The number of nitro benzene ring substituents is 1. The van der Waals surface area contributed by atoms with E-state index in [1.807, 2.05) is 0 Å². The molecule has 21 heavy (non-hydrogen) atoms. The van der Waals surface area contributed by atoms with Gasteiger partial charge in [-0.05, 0) is 28.1 Å². The van der Waals surface area contributed by atoms with Gasteiger partial charge in [-0.2, -0.15) is 0 Å². The number of β-amino-alcohol motifs (C(OH)–C–C–N with tert-alkyl or cyclic N) is 1. The fourth-order valence-corrected chi connectivity index (χ4v) is 2.62. The van der Waals surface area contributed by atoms with Crippen molar-refractivity contribution in [2.24, 2.45) is 0 Å². The lowest BCUT2D eigenvalue weighted by Crippen LogP contribution is -2.40. The third-order valence-corrected chi connectivity index (χ3v) is 3.89. The first kappa shape index (κ1) is 15.4. The second-order valence-corrected chi connectivity index (χ2v) is 5.48. The summed E-state index contributed by atoms with van der Waals surface area (Å²) in [6.07, 6.45) is -0.972. The van der Waals surface area contributed by atoms with Gasteiger partial charge in [-0.25, -0.2) is 4.79 Å². The number of hydrogen-bond donors (Lipinski definition) is 2. The van der Waals surface area contributed by atoms with Crippen LogP contribution in [-0.2, 0) is 4.79 Å². The van der Waals surface area contributed by atoms with E-state index in [1.54, 1.807) is 0 Å². The molecule has 8 nitrogen and oxygen atoms in total. The summed E-state index contributed by atoms with van der Waals surface area (Å²) in [6.45, 7) is -0.111. The average molecular weight is 359 g/mol. The average Bonchev–Trinajstić information content (AvgIpc) is 2.80. The number of aliphatic hydroxyl groups excluding tert-OH is 1. The molecule has 0 saturated carbocycles. The Kier molecular flexibility index (Phi) is 4.24. The molecule has 0 aliphatic carbocycles. The molecule has 2 N–H and O–H groups in total. The summed E-state index contributed by atoms with van der Waals surface area (Å²) < 4.78 is 0.222. The zero-order valence-electron chi connectivity index (χ0n) is 10.6. The van der Waals surface area contributed by atoms with Gasteiger partial charge in [-0.1, -0.05) is 0 Å². The first-order chi connectivity index (χ1) is 9.81. The molecule has 0 spiro atoms. The van der Waals surface area contributed by atoms with Crippen molar-refractivity contribution >= 4 is 33.5 Å². The van der Waals surface area contributed by atoms with Gasteiger partial charge in [0.05, 0.1) is 15.5 Å². The lowest BCUT2D eigenvalue weighted by Gasteiger charge is -2.21. The van der Waals surface area contributed by atoms with Crippen molar-refractivity contribution in [3.05, 3.63) is 38.3 Å². The third kappa shape index (κ3) is 3.03.